The lowest BCUT2D eigenvalue weighted by Gasteiger charge is -2.10. The van der Waals surface area contributed by atoms with Crippen LogP contribution in [0, 0.1) is 0 Å². The third kappa shape index (κ3) is 3.97. The van der Waals surface area contributed by atoms with Gasteiger partial charge in [0.2, 0.25) is 0 Å². The monoisotopic (exact) mass is 396 g/mol. The normalized spacial score (nSPS) is 10.4. The van der Waals surface area contributed by atoms with Gasteiger partial charge in [0, 0.05) is 4.43 Å². The number of aryl methyl sites for hydroxylation is 1. The maximum atomic E-state index is 11.0. The smallest absolute Gasteiger partial charge is 0.335 e. The van der Waals surface area contributed by atoms with Gasteiger partial charge in [-0.05, 0) is 47.4 Å². The Labute approximate surface area is 138 Å². The van der Waals surface area contributed by atoms with Crippen LogP contribution >= 0.6 is 22.6 Å². The molecule has 2 aromatic rings. The van der Waals surface area contributed by atoms with Crippen molar-refractivity contribution in [3.05, 3.63) is 53.6 Å². The van der Waals surface area contributed by atoms with Gasteiger partial charge in [-0.1, -0.05) is 47.7 Å². The van der Waals surface area contributed by atoms with Gasteiger partial charge in [0.05, 0.1) is 12.2 Å². The van der Waals surface area contributed by atoms with Crippen LogP contribution in [0.25, 0.3) is 11.1 Å². The fraction of sp³-hybridized carbons (Fsp3) is 0.235. The van der Waals surface area contributed by atoms with Crippen molar-refractivity contribution < 1.29 is 14.6 Å². The van der Waals surface area contributed by atoms with Gasteiger partial charge < -0.3 is 9.84 Å². The number of carbonyl (C=O) groups is 1. The largest absolute Gasteiger partial charge is 0.493 e. The van der Waals surface area contributed by atoms with E-state index in [1.54, 1.807) is 12.1 Å². The molecule has 0 aromatic heterocycles. The SMILES string of the molecule is CCc1cc(C(=O)O)ccc1-c1ccc(OCCI)cc1. The number of ether oxygens (including phenoxy) is 1. The second-order valence-corrected chi connectivity index (χ2v) is 5.67. The molecule has 0 atom stereocenters. The first-order chi connectivity index (χ1) is 10.2. The lowest BCUT2D eigenvalue weighted by Crippen LogP contribution is -1.99. The molecule has 0 heterocycles. The van der Waals surface area contributed by atoms with Crippen LogP contribution in [0.4, 0.5) is 0 Å². The van der Waals surface area contributed by atoms with Crippen molar-refractivity contribution >= 4 is 28.6 Å². The minimum absolute atomic E-state index is 0.331. The number of hydrogen-bond acceptors (Lipinski definition) is 2. The van der Waals surface area contributed by atoms with E-state index in [0.717, 1.165) is 33.3 Å². The van der Waals surface area contributed by atoms with Gasteiger partial charge >= 0.3 is 5.97 Å². The second kappa shape index (κ2) is 7.45. The fourth-order valence-corrected chi connectivity index (χ4v) is 2.41. The van der Waals surface area contributed by atoms with Crippen LogP contribution in [0.3, 0.4) is 0 Å². The van der Waals surface area contributed by atoms with E-state index in [1.165, 1.54) is 0 Å². The second-order valence-electron chi connectivity index (χ2n) is 4.59. The summed E-state index contributed by atoms with van der Waals surface area (Å²) in [6.07, 6.45) is 0.795. The Morgan fingerprint density at radius 3 is 2.48 bits per heavy atom. The standard InChI is InChI=1S/C17H17IO3/c1-2-12-11-14(17(19)20)5-8-16(12)13-3-6-15(7-4-13)21-10-9-18/h3-8,11H,2,9-10H2,1H3,(H,19,20). The molecule has 110 valence electrons. The van der Waals surface area contributed by atoms with Gasteiger partial charge in [-0.3, -0.25) is 0 Å². The molecule has 2 aromatic carbocycles. The molecule has 0 saturated heterocycles. The predicted molar refractivity (Wildman–Crippen MR) is 92.6 cm³/mol. The zero-order valence-corrected chi connectivity index (χ0v) is 14.0. The van der Waals surface area contributed by atoms with Crippen molar-refractivity contribution in [2.75, 3.05) is 11.0 Å². The summed E-state index contributed by atoms with van der Waals surface area (Å²) in [5, 5.41) is 9.07. The summed E-state index contributed by atoms with van der Waals surface area (Å²) in [5.41, 5.74) is 3.52. The fourth-order valence-electron chi connectivity index (χ4n) is 2.19. The molecule has 0 aliphatic carbocycles. The van der Waals surface area contributed by atoms with E-state index < -0.39 is 5.97 Å². The summed E-state index contributed by atoms with van der Waals surface area (Å²) in [6, 6.07) is 13.2. The highest BCUT2D eigenvalue weighted by Crippen LogP contribution is 2.27. The summed E-state index contributed by atoms with van der Waals surface area (Å²) in [4.78, 5) is 11.0. The minimum Gasteiger partial charge on any atom is -0.493 e. The molecule has 3 nitrogen and oxygen atoms in total. The number of aromatic carboxylic acids is 1. The van der Waals surface area contributed by atoms with E-state index in [2.05, 4.69) is 22.6 Å². The van der Waals surface area contributed by atoms with Crippen molar-refractivity contribution in [1.29, 1.82) is 0 Å². The Morgan fingerprint density at radius 2 is 1.90 bits per heavy atom. The molecule has 0 amide bonds. The lowest BCUT2D eigenvalue weighted by atomic mass is 9.96. The van der Waals surface area contributed by atoms with E-state index in [4.69, 9.17) is 9.84 Å². The summed E-state index contributed by atoms with van der Waals surface area (Å²) in [6.45, 7) is 2.73. The first-order valence-electron chi connectivity index (χ1n) is 6.81. The van der Waals surface area contributed by atoms with E-state index in [9.17, 15) is 4.79 Å². The van der Waals surface area contributed by atoms with Crippen LogP contribution < -0.4 is 4.74 Å². The number of benzene rings is 2. The molecule has 21 heavy (non-hydrogen) atoms. The van der Waals surface area contributed by atoms with Crippen molar-refractivity contribution in [2.24, 2.45) is 0 Å². The Bertz CT molecular complexity index is 620. The maximum absolute atomic E-state index is 11.0. The topological polar surface area (TPSA) is 46.5 Å². The highest BCUT2D eigenvalue weighted by Gasteiger charge is 2.09. The summed E-state index contributed by atoms with van der Waals surface area (Å²) < 4.78 is 6.52. The minimum atomic E-state index is -0.890. The number of carboxylic acid groups (broad SMARTS) is 1. The molecule has 1 N–H and O–H groups in total. The molecular weight excluding hydrogens is 379 g/mol. The average Bonchev–Trinajstić information content (AvgIpc) is 2.52. The van der Waals surface area contributed by atoms with Crippen molar-refractivity contribution in [3.8, 4) is 16.9 Å². The summed E-state index contributed by atoms with van der Waals surface area (Å²) in [7, 11) is 0. The number of alkyl halides is 1. The first kappa shape index (κ1) is 15.8. The number of carboxylic acids is 1. The van der Waals surface area contributed by atoms with Crippen LogP contribution in [0.2, 0.25) is 0 Å². The molecule has 0 fully saturated rings. The Morgan fingerprint density at radius 1 is 1.19 bits per heavy atom. The Hall–Kier alpha value is -1.56. The molecular formula is C17H17IO3. The molecule has 0 unspecified atom stereocenters. The Balaban J connectivity index is 2.30. The quantitative estimate of drug-likeness (QED) is 0.581. The molecule has 4 heteroatoms. The van der Waals surface area contributed by atoms with E-state index in [1.807, 2.05) is 37.3 Å². The molecule has 0 spiro atoms. The number of halogens is 1. The average molecular weight is 396 g/mol. The summed E-state index contributed by atoms with van der Waals surface area (Å²) >= 11 is 2.27. The van der Waals surface area contributed by atoms with Crippen molar-refractivity contribution in [2.45, 2.75) is 13.3 Å². The van der Waals surface area contributed by atoms with Gasteiger partial charge in [-0.15, -0.1) is 0 Å². The Kier molecular flexibility index (Phi) is 5.61. The third-order valence-electron chi connectivity index (χ3n) is 3.24. The highest BCUT2D eigenvalue weighted by atomic mass is 127. The molecule has 2 rings (SSSR count). The van der Waals surface area contributed by atoms with Crippen LogP contribution in [0.1, 0.15) is 22.8 Å². The van der Waals surface area contributed by atoms with Gasteiger partial charge in [0.15, 0.2) is 0 Å². The molecule has 0 bridgehead atoms. The van der Waals surface area contributed by atoms with Crippen LogP contribution in [0.5, 0.6) is 5.75 Å². The zero-order chi connectivity index (χ0) is 15.2. The van der Waals surface area contributed by atoms with Crippen molar-refractivity contribution in [1.82, 2.24) is 0 Å². The van der Waals surface area contributed by atoms with Crippen LogP contribution in [-0.2, 0) is 6.42 Å². The van der Waals surface area contributed by atoms with Crippen LogP contribution in [-0.4, -0.2) is 22.1 Å². The first-order valence-corrected chi connectivity index (χ1v) is 8.33. The van der Waals surface area contributed by atoms with Crippen molar-refractivity contribution in [3.63, 3.8) is 0 Å². The van der Waals surface area contributed by atoms with Gasteiger partial charge in [0.1, 0.15) is 5.75 Å². The maximum Gasteiger partial charge on any atom is 0.335 e. The van der Waals surface area contributed by atoms with Gasteiger partial charge in [0.25, 0.3) is 0 Å². The van der Waals surface area contributed by atoms with E-state index >= 15 is 0 Å². The molecule has 0 aliphatic heterocycles. The van der Waals surface area contributed by atoms with Gasteiger partial charge in [-0.2, -0.15) is 0 Å². The molecule has 0 aliphatic rings. The number of hydrogen-bond donors (Lipinski definition) is 1. The highest BCUT2D eigenvalue weighted by molar-refractivity contribution is 14.1. The van der Waals surface area contributed by atoms with E-state index in [-0.39, 0.29) is 0 Å². The third-order valence-corrected chi connectivity index (χ3v) is 3.68. The van der Waals surface area contributed by atoms with Crippen LogP contribution in [0.15, 0.2) is 42.5 Å². The predicted octanol–water partition coefficient (Wildman–Crippen LogP) is 4.43. The van der Waals surface area contributed by atoms with E-state index in [0.29, 0.717) is 12.2 Å². The van der Waals surface area contributed by atoms with Gasteiger partial charge in [-0.25, -0.2) is 4.79 Å². The molecule has 0 saturated carbocycles. The lowest BCUT2D eigenvalue weighted by molar-refractivity contribution is 0.0697. The summed E-state index contributed by atoms with van der Waals surface area (Å²) in [5.74, 6) is -0.0329. The zero-order valence-electron chi connectivity index (χ0n) is 11.8. The molecule has 0 radical (unpaired) electrons. The number of rotatable bonds is 6.